The minimum absolute atomic E-state index is 0.0920. The van der Waals surface area contributed by atoms with Gasteiger partial charge in [-0.1, -0.05) is 6.92 Å². The lowest BCUT2D eigenvalue weighted by Crippen LogP contribution is -2.44. The van der Waals surface area contributed by atoms with Gasteiger partial charge in [0.2, 0.25) is 0 Å². The molecule has 2 aliphatic rings. The van der Waals surface area contributed by atoms with Crippen molar-refractivity contribution in [2.45, 2.75) is 19.8 Å². The minimum atomic E-state index is 0.0920. The van der Waals surface area contributed by atoms with Gasteiger partial charge in [0.05, 0.1) is 6.54 Å². The van der Waals surface area contributed by atoms with Crippen LogP contribution in [0.15, 0.2) is 4.99 Å². The first kappa shape index (κ1) is 9.49. The first-order chi connectivity index (χ1) is 6.77. The predicted octanol–water partition coefficient (Wildman–Crippen LogP) is 0.247. The van der Waals surface area contributed by atoms with Crippen molar-refractivity contribution in [3.8, 4) is 0 Å². The van der Waals surface area contributed by atoms with Gasteiger partial charge in [-0.3, -0.25) is 9.79 Å². The fourth-order valence-electron chi connectivity index (χ4n) is 1.90. The molecule has 0 aromatic heterocycles. The van der Waals surface area contributed by atoms with Crippen LogP contribution < -0.4 is 5.32 Å². The number of nitrogens with zero attached hydrogens (tertiary/aromatic N) is 2. The third kappa shape index (κ3) is 1.89. The standard InChI is InChI=1S/C10H17N3O/c1-8-2-6-13(7-3-8)10(14)9-11-4-5-12-9/h8H,2-7H2,1H3,(H,11,12). The highest BCUT2D eigenvalue weighted by molar-refractivity contribution is 6.38. The van der Waals surface area contributed by atoms with E-state index in [1.165, 1.54) is 0 Å². The van der Waals surface area contributed by atoms with E-state index in [2.05, 4.69) is 17.2 Å². The third-order valence-corrected chi connectivity index (χ3v) is 2.95. The van der Waals surface area contributed by atoms with E-state index in [4.69, 9.17) is 0 Å². The van der Waals surface area contributed by atoms with E-state index in [-0.39, 0.29) is 5.91 Å². The Morgan fingerprint density at radius 2 is 2.21 bits per heavy atom. The summed E-state index contributed by atoms with van der Waals surface area (Å²) >= 11 is 0. The lowest BCUT2D eigenvalue weighted by Gasteiger charge is -2.30. The molecule has 4 nitrogen and oxygen atoms in total. The average Bonchev–Trinajstić information content (AvgIpc) is 2.71. The Morgan fingerprint density at radius 3 is 2.79 bits per heavy atom. The molecule has 0 aliphatic carbocycles. The van der Waals surface area contributed by atoms with Crippen LogP contribution in [0.5, 0.6) is 0 Å². The zero-order chi connectivity index (χ0) is 9.97. The van der Waals surface area contributed by atoms with Gasteiger partial charge in [0, 0.05) is 19.6 Å². The molecule has 0 atom stereocenters. The Bertz CT molecular complexity index is 254. The van der Waals surface area contributed by atoms with Crippen LogP contribution in [0, 0.1) is 5.92 Å². The van der Waals surface area contributed by atoms with Gasteiger partial charge in [0.15, 0.2) is 5.84 Å². The number of likely N-dealkylation sites (tertiary alicyclic amines) is 1. The van der Waals surface area contributed by atoms with Gasteiger partial charge in [-0.25, -0.2) is 0 Å². The molecular formula is C10H17N3O. The molecule has 78 valence electrons. The van der Waals surface area contributed by atoms with E-state index >= 15 is 0 Å². The highest BCUT2D eigenvalue weighted by atomic mass is 16.2. The van der Waals surface area contributed by atoms with E-state index in [9.17, 15) is 4.79 Å². The number of carbonyl (C=O) groups excluding carboxylic acids is 1. The first-order valence-corrected chi connectivity index (χ1v) is 5.35. The maximum absolute atomic E-state index is 11.8. The number of carbonyl (C=O) groups is 1. The Balaban J connectivity index is 1.91. The van der Waals surface area contributed by atoms with Gasteiger partial charge in [-0.2, -0.15) is 0 Å². The second kappa shape index (κ2) is 3.98. The normalized spacial score (nSPS) is 23.2. The molecule has 0 bridgehead atoms. The van der Waals surface area contributed by atoms with Crippen molar-refractivity contribution in [2.24, 2.45) is 10.9 Å². The summed E-state index contributed by atoms with van der Waals surface area (Å²) in [7, 11) is 0. The molecule has 0 aromatic carbocycles. The fourth-order valence-corrected chi connectivity index (χ4v) is 1.90. The van der Waals surface area contributed by atoms with Crippen molar-refractivity contribution >= 4 is 11.7 Å². The lowest BCUT2D eigenvalue weighted by atomic mass is 9.99. The number of amides is 1. The summed E-state index contributed by atoms with van der Waals surface area (Å²) in [6.07, 6.45) is 2.25. The molecule has 14 heavy (non-hydrogen) atoms. The molecule has 4 heteroatoms. The van der Waals surface area contributed by atoms with E-state index in [0.29, 0.717) is 5.84 Å². The quantitative estimate of drug-likeness (QED) is 0.651. The number of piperidine rings is 1. The van der Waals surface area contributed by atoms with Gasteiger partial charge < -0.3 is 10.2 Å². The molecule has 2 rings (SSSR count). The smallest absolute Gasteiger partial charge is 0.288 e. The summed E-state index contributed by atoms with van der Waals surface area (Å²) in [5, 5.41) is 3.02. The van der Waals surface area contributed by atoms with Crippen LogP contribution in [0.4, 0.5) is 0 Å². The number of aliphatic imine (C=N–C) groups is 1. The highest BCUT2D eigenvalue weighted by Gasteiger charge is 2.24. The Labute approximate surface area is 84.4 Å². The Hall–Kier alpha value is -1.06. The third-order valence-electron chi connectivity index (χ3n) is 2.95. The molecule has 0 radical (unpaired) electrons. The molecule has 1 amide bonds. The van der Waals surface area contributed by atoms with Gasteiger partial charge in [0.25, 0.3) is 5.91 Å². The monoisotopic (exact) mass is 195 g/mol. The zero-order valence-electron chi connectivity index (χ0n) is 8.62. The van der Waals surface area contributed by atoms with Crippen molar-refractivity contribution in [3.05, 3.63) is 0 Å². The van der Waals surface area contributed by atoms with Crippen LogP contribution in [-0.2, 0) is 4.79 Å². The van der Waals surface area contributed by atoms with E-state index in [0.717, 1.165) is 44.9 Å². The van der Waals surface area contributed by atoms with Gasteiger partial charge in [-0.05, 0) is 18.8 Å². The van der Waals surface area contributed by atoms with Crippen LogP contribution in [0.1, 0.15) is 19.8 Å². The number of rotatable bonds is 1. The molecule has 1 saturated heterocycles. The molecule has 1 N–H and O–H groups in total. The molecule has 0 aromatic rings. The van der Waals surface area contributed by atoms with E-state index in [1.807, 2.05) is 4.90 Å². The van der Waals surface area contributed by atoms with Crippen LogP contribution in [0.25, 0.3) is 0 Å². The largest absolute Gasteiger partial charge is 0.364 e. The summed E-state index contributed by atoms with van der Waals surface area (Å²) in [4.78, 5) is 17.9. The van der Waals surface area contributed by atoms with Crippen LogP contribution >= 0.6 is 0 Å². The highest BCUT2D eigenvalue weighted by Crippen LogP contribution is 2.16. The van der Waals surface area contributed by atoms with Crippen molar-refractivity contribution in [3.63, 3.8) is 0 Å². The Kier molecular flexibility index (Phi) is 2.70. The van der Waals surface area contributed by atoms with Crippen molar-refractivity contribution < 1.29 is 4.79 Å². The van der Waals surface area contributed by atoms with Crippen molar-refractivity contribution in [1.29, 1.82) is 0 Å². The van der Waals surface area contributed by atoms with Gasteiger partial charge >= 0.3 is 0 Å². The molecule has 2 heterocycles. The van der Waals surface area contributed by atoms with Crippen LogP contribution in [0.2, 0.25) is 0 Å². The fraction of sp³-hybridized carbons (Fsp3) is 0.800. The number of hydrogen-bond donors (Lipinski definition) is 1. The minimum Gasteiger partial charge on any atom is -0.364 e. The number of nitrogens with one attached hydrogen (secondary N) is 1. The molecule has 2 aliphatic heterocycles. The maximum atomic E-state index is 11.8. The predicted molar refractivity (Wildman–Crippen MR) is 55.3 cm³/mol. The lowest BCUT2D eigenvalue weighted by molar-refractivity contribution is -0.125. The number of hydrogen-bond acceptors (Lipinski definition) is 3. The molecule has 0 unspecified atom stereocenters. The molecular weight excluding hydrogens is 178 g/mol. The summed E-state index contributed by atoms with van der Waals surface area (Å²) in [5.41, 5.74) is 0. The molecule has 1 fully saturated rings. The van der Waals surface area contributed by atoms with E-state index in [1.54, 1.807) is 0 Å². The summed E-state index contributed by atoms with van der Waals surface area (Å²) in [6.45, 7) is 5.57. The van der Waals surface area contributed by atoms with E-state index < -0.39 is 0 Å². The summed E-state index contributed by atoms with van der Waals surface area (Å²) < 4.78 is 0. The van der Waals surface area contributed by atoms with Gasteiger partial charge in [-0.15, -0.1) is 0 Å². The molecule has 0 spiro atoms. The van der Waals surface area contributed by atoms with Crippen molar-refractivity contribution in [1.82, 2.24) is 10.2 Å². The van der Waals surface area contributed by atoms with Crippen molar-refractivity contribution in [2.75, 3.05) is 26.2 Å². The second-order valence-electron chi connectivity index (χ2n) is 4.13. The summed E-state index contributed by atoms with van der Waals surface area (Å²) in [5.74, 6) is 1.42. The second-order valence-corrected chi connectivity index (χ2v) is 4.13. The maximum Gasteiger partial charge on any atom is 0.288 e. The average molecular weight is 195 g/mol. The number of amidine groups is 1. The zero-order valence-corrected chi connectivity index (χ0v) is 8.62. The van der Waals surface area contributed by atoms with Crippen LogP contribution in [-0.4, -0.2) is 42.8 Å². The summed E-state index contributed by atoms with van der Waals surface area (Å²) in [6, 6.07) is 0. The molecule has 0 saturated carbocycles. The first-order valence-electron chi connectivity index (χ1n) is 5.35. The topological polar surface area (TPSA) is 44.7 Å². The van der Waals surface area contributed by atoms with Gasteiger partial charge in [0.1, 0.15) is 0 Å². The SMILES string of the molecule is CC1CCN(C(=O)C2=NCCN2)CC1. The van der Waals surface area contributed by atoms with Crippen LogP contribution in [0.3, 0.4) is 0 Å². The Morgan fingerprint density at radius 1 is 1.50 bits per heavy atom.